The molecule has 2 heterocycles. The van der Waals surface area contributed by atoms with E-state index in [0.29, 0.717) is 22.6 Å². The van der Waals surface area contributed by atoms with Gasteiger partial charge in [-0.05, 0) is 31.2 Å². The number of rotatable bonds is 2. The number of fused-ring (bicyclic) bond motifs is 2. The largest absolute Gasteiger partial charge is 0.466 e. The summed E-state index contributed by atoms with van der Waals surface area (Å²) in [5.41, 5.74) is 0.0495. The molecule has 0 saturated heterocycles. The van der Waals surface area contributed by atoms with E-state index in [9.17, 15) is 9.59 Å². The van der Waals surface area contributed by atoms with Crippen molar-refractivity contribution in [2.45, 2.75) is 12.5 Å². The minimum Gasteiger partial charge on any atom is -0.466 e. The molecule has 2 amide bonds. The first-order chi connectivity index (χ1) is 12.1. The van der Waals surface area contributed by atoms with Crippen molar-refractivity contribution in [3.8, 4) is 5.75 Å². The van der Waals surface area contributed by atoms with E-state index in [-0.39, 0.29) is 0 Å². The molecule has 0 bridgehead atoms. The number of carbonyl (C=O) groups excluding carboxylic acids is 2. The number of amides is 2. The topological polar surface area (TPSA) is 80.3 Å². The lowest BCUT2D eigenvalue weighted by atomic mass is 10.0. The van der Waals surface area contributed by atoms with Crippen LogP contribution in [0.2, 0.25) is 0 Å². The molecule has 0 fully saturated rings. The van der Waals surface area contributed by atoms with Crippen LogP contribution in [-0.4, -0.2) is 22.4 Å². The van der Waals surface area contributed by atoms with Crippen molar-refractivity contribution >= 4 is 34.1 Å². The van der Waals surface area contributed by atoms with Gasteiger partial charge >= 0.3 is 0 Å². The van der Waals surface area contributed by atoms with Crippen LogP contribution >= 0.6 is 0 Å². The normalized spacial score (nSPS) is 18.8. The van der Waals surface area contributed by atoms with Crippen molar-refractivity contribution in [2.75, 3.05) is 10.6 Å². The maximum atomic E-state index is 12.8. The lowest BCUT2D eigenvalue weighted by Gasteiger charge is -2.33. The Kier molecular flexibility index (Phi) is 3.39. The highest BCUT2D eigenvalue weighted by Gasteiger charge is 2.47. The predicted molar refractivity (Wildman–Crippen MR) is 94.5 cm³/mol. The van der Waals surface area contributed by atoms with Crippen LogP contribution in [0.3, 0.4) is 0 Å². The van der Waals surface area contributed by atoms with Crippen LogP contribution in [0.5, 0.6) is 5.75 Å². The van der Waals surface area contributed by atoms with Gasteiger partial charge in [0.2, 0.25) is 0 Å². The third kappa shape index (κ3) is 2.48. The zero-order valence-corrected chi connectivity index (χ0v) is 13.4. The van der Waals surface area contributed by atoms with Gasteiger partial charge in [-0.3, -0.25) is 14.6 Å². The Bertz CT molecular complexity index is 997. The Hall–Kier alpha value is -3.41. The van der Waals surface area contributed by atoms with Gasteiger partial charge in [0.15, 0.2) is 0 Å². The highest BCUT2D eigenvalue weighted by atomic mass is 16.5. The van der Waals surface area contributed by atoms with Gasteiger partial charge in [0.1, 0.15) is 5.75 Å². The van der Waals surface area contributed by atoms with E-state index in [2.05, 4.69) is 15.6 Å². The Labute approximate surface area is 143 Å². The molecule has 25 heavy (non-hydrogen) atoms. The second-order valence-electron chi connectivity index (χ2n) is 5.92. The number of anilines is 2. The summed E-state index contributed by atoms with van der Waals surface area (Å²) in [7, 11) is 0. The molecule has 1 aliphatic heterocycles. The summed E-state index contributed by atoms with van der Waals surface area (Å²) in [5, 5.41) is 6.38. The van der Waals surface area contributed by atoms with E-state index in [4.69, 9.17) is 4.74 Å². The summed E-state index contributed by atoms with van der Waals surface area (Å²) < 4.78 is 5.73. The van der Waals surface area contributed by atoms with Crippen LogP contribution < -0.4 is 15.4 Å². The molecule has 0 radical (unpaired) electrons. The van der Waals surface area contributed by atoms with Crippen LogP contribution in [0.4, 0.5) is 11.4 Å². The molecule has 3 aromatic rings. The van der Waals surface area contributed by atoms with Crippen molar-refractivity contribution in [3.05, 3.63) is 60.8 Å². The molecule has 6 nitrogen and oxygen atoms in total. The Morgan fingerprint density at radius 2 is 1.92 bits per heavy atom. The lowest BCUT2D eigenvalue weighted by Crippen LogP contribution is -2.56. The molecular weight excluding hydrogens is 318 g/mol. The van der Waals surface area contributed by atoms with Gasteiger partial charge in [0.25, 0.3) is 17.4 Å². The molecule has 0 spiro atoms. The van der Waals surface area contributed by atoms with Gasteiger partial charge < -0.3 is 15.4 Å². The summed E-state index contributed by atoms with van der Waals surface area (Å²) in [4.78, 5) is 29.6. The average molecular weight is 333 g/mol. The van der Waals surface area contributed by atoms with E-state index < -0.39 is 17.4 Å². The van der Waals surface area contributed by atoms with Crippen LogP contribution in [0.25, 0.3) is 10.9 Å². The minimum absolute atomic E-state index is 0.454. The quantitative estimate of drug-likeness (QED) is 0.707. The first kappa shape index (κ1) is 15.1. The van der Waals surface area contributed by atoms with Crippen LogP contribution in [-0.2, 0) is 9.59 Å². The first-order valence-corrected chi connectivity index (χ1v) is 7.83. The zero-order valence-electron chi connectivity index (χ0n) is 13.4. The Morgan fingerprint density at radius 1 is 1.12 bits per heavy atom. The fourth-order valence-corrected chi connectivity index (χ4v) is 2.76. The maximum Gasteiger partial charge on any atom is 0.278 e. The second-order valence-corrected chi connectivity index (χ2v) is 5.92. The molecule has 0 saturated carbocycles. The number of nitrogens with zero attached hydrogens (tertiary/aromatic N) is 1. The van der Waals surface area contributed by atoms with Crippen molar-refractivity contribution in [3.63, 3.8) is 0 Å². The van der Waals surface area contributed by atoms with Crippen molar-refractivity contribution in [1.82, 2.24) is 4.98 Å². The number of ether oxygens (including phenoxy) is 1. The van der Waals surface area contributed by atoms with Gasteiger partial charge in [-0.2, -0.15) is 0 Å². The minimum atomic E-state index is -1.68. The maximum absolute atomic E-state index is 12.8. The summed E-state index contributed by atoms with van der Waals surface area (Å²) >= 11 is 0. The van der Waals surface area contributed by atoms with E-state index in [1.807, 2.05) is 24.3 Å². The number of pyridine rings is 1. The molecular formula is C19H15N3O3. The number of hydrogen-bond acceptors (Lipinski definition) is 4. The van der Waals surface area contributed by atoms with Crippen LogP contribution in [0.15, 0.2) is 60.8 Å². The monoisotopic (exact) mass is 333 g/mol. The first-order valence-electron chi connectivity index (χ1n) is 7.83. The van der Waals surface area contributed by atoms with Crippen molar-refractivity contribution in [2.24, 2.45) is 0 Å². The van der Waals surface area contributed by atoms with E-state index in [0.717, 1.165) is 5.39 Å². The molecule has 124 valence electrons. The molecule has 1 aromatic heterocycles. The third-order valence-corrected chi connectivity index (χ3v) is 4.20. The summed E-state index contributed by atoms with van der Waals surface area (Å²) in [6.45, 7) is 1.45. The average Bonchev–Trinajstić information content (AvgIpc) is 2.63. The molecule has 1 aliphatic rings. The molecule has 1 atom stereocenters. The lowest BCUT2D eigenvalue weighted by molar-refractivity contribution is -0.143. The number of carbonyl (C=O) groups is 2. The SMILES string of the molecule is CC1(C(=O)Nc2cccc3cccnc23)Oc2ccccc2NC1=O. The third-order valence-electron chi connectivity index (χ3n) is 4.20. The molecule has 1 unspecified atom stereocenters. The Balaban J connectivity index is 1.67. The summed E-state index contributed by atoms with van der Waals surface area (Å²) in [6, 6.07) is 16.2. The van der Waals surface area contributed by atoms with E-state index in [1.54, 1.807) is 36.5 Å². The smallest absolute Gasteiger partial charge is 0.278 e. The fraction of sp³-hybridized carbons (Fsp3) is 0.105. The van der Waals surface area contributed by atoms with Crippen LogP contribution in [0, 0.1) is 0 Å². The summed E-state index contributed by atoms with van der Waals surface area (Å²) in [6.07, 6.45) is 1.65. The molecule has 2 N–H and O–H groups in total. The fourth-order valence-electron chi connectivity index (χ4n) is 2.76. The van der Waals surface area contributed by atoms with Gasteiger partial charge in [-0.1, -0.05) is 30.3 Å². The van der Waals surface area contributed by atoms with Crippen molar-refractivity contribution in [1.29, 1.82) is 0 Å². The molecule has 0 aliphatic carbocycles. The number of benzene rings is 2. The van der Waals surface area contributed by atoms with Crippen molar-refractivity contribution < 1.29 is 14.3 Å². The number of nitrogens with one attached hydrogen (secondary N) is 2. The second kappa shape index (κ2) is 5.59. The van der Waals surface area contributed by atoms with Crippen LogP contribution in [0.1, 0.15) is 6.92 Å². The predicted octanol–water partition coefficient (Wildman–Crippen LogP) is 2.96. The molecule has 4 rings (SSSR count). The van der Waals surface area contributed by atoms with E-state index >= 15 is 0 Å². The van der Waals surface area contributed by atoms with E-state index in [1.165, 1.54) is 6.92 Å². The van der Waals surface area contributed by atoms with Gasteiger partial charge in [0.05, 0.1) is 16.9 Å². The number of hydrogen-bond donors (Lipinski definition) is 2. The Morgan fingerprint density at radius 3 is 2.80 bits per heavy atom. The van der Waals surface area contributed by atoms with Gasteiger partial charge in [0, 0.05) is 11.6 Å². The molecule has 2 aromatic carbocycles. The van der Waals surface area contributed by atoms with Gasteiger partial charge in [-0.15, -0.1) is 0 Å². The zero-order chi connectivity index (χ0) is 17.4. The number of aromatic nitrogens is 1. The highest BCUT2D eigenvalue weighted by molar-refractivity contribution is 6.20. The highest BCUT2D eigenvalue weighted by Crippen LogP contribution is 2.34. The summed E-state index contributed by atoms with van der Waals surface area (Å²) in [5.74, 6) is -0.620. The number of para-hydroxylation sites is 3. The molecule has 6 heteroatoms. The van der Waals surface area contributed by atoms with Gasteiger partial charge in [-0.25, -0.2) is 0 Å². The standard InChI is InChI=1S/C19H15N3O3/c1-19(17(23)21-13-8-2-3-10-15(13)25-19)18(24)22-14-9-4-6-12-7-5-11-20-16(12)14/h2-11H,1H3,(H,21,23)(H,22,24).